The van der Waals surface area contributed by atoms with Crippen LogP contribution in [0.15, 0.2) is 30.6 Å². The Kier molecular flexibility index (Phi) is 6.11. The zero-order valence-corrected chi connectivity index (χ0v) is 17.9. The van der Waals surface area contributed by atoms with E-state index >= 15 is 0 Å². The standard InChI is InChI=1S/C21H28F2N4O2S/c1-15-19(25-14-24-15)13-27-18(10-9-16-5-4-6-16)12-26(30(28,29)21(22)23)11-17-7-2-3-8-20(17)27/h2-3,7-8,14,16,18,21H,4-6,9-13H2,1H3,(H,24,25)/t18-/m0/s1. The zero-order chi connectivity index (χ0) is 21.3. The van der Waals surface area contributed by atoms with Crippen molar-refractivity contribution >= 4 is 15.7 Å². The summed E-state index contributed by atoms with van der Waals surface area (Å²) in [5.41, 5.74) is 3.46. The highest BCUT2D eigenvalue weighted by atomic mass is 32.2. The molecule has 2 heterocycles. The van der Waals surface area contributed by atoms with Crippen molar-refractivity contribution in [3.05, 3.63) is 47.5 Å². The van der Waals surface area contributed by atoms with Crippen molar-refractivity contribution in [3.8, 4) is 0 Å². The number of aromatic nitrogens is 2. The highest BCUT2D eigenvalue weighted by molar-refractivity contribution is 7.89. The molecule has 1 atom stereocenters. The van der Waals surface area contributed by atoms with E-state index in [2.05, 4.69) is 14.9 Å². The average molecular weight is 439 g/mol. The number of anilines is 1. The number of nitrogens with one attached hydrogen (secondary N) is 1. The fraction of sp³-hybridized carbons (Fsp3) is 0.571. The van der Waals surface area contributed by atoms with Gasteiger partial charge in [0.05, 0.1) is 18.6 Å². The zero-order valence-electron chi connectivity index (χ0n) is 17.1. The van der Waals surface area contributed by atoms with E-state index in [9.17, 15) is 17.2 Å². The summed E-state index contributed by atoms with van der Waals surface area (Å²) in [6.45, 7) is 2.46. The van der Waals surface area contributed by atoms with Gasteiger partial charge in [-0.25, -0.2) is 13.4 Å². The van der Waals surface area contributed by atoms with Crippen LogP contribution in [0.1, 0.15) is 49.1 Å². The molecule has 0 bridgehead atoms. The van der Waals surface area contributed by atoms with Crippen LogP contribution in [0.4, 0.5) is 14.5 Å². The molecule has 1 aromatic carbocycles. The molecular weight excluding hydrogens is 410 g/mol. The van der Waals surface area contributed by atoms with Crippen LogP contribution >= 0.6 is 0 Å². The lowest BCUT2D eigenvalue weighted by atomic mass is 9.81. The number of halogens is 2. The van der Waals surface area contributed by atoms with E-state index in [0.717, 1.165) is 39.8 Å². The highest BCUT2D eigenvalue weighted by Crippen LogP contribution is 2.36. The Balaban J connectivity index is 1.71. The van der Waals surface area contributed by atoms with Crippen LogP contribution in [0.2, 0.25) is 0 Å². The minimum atomic E-state index is -4.67. The van der Waals surface area contributed by atoms with Gasteiger partial charge in [-0.3, -0.25) is 0 Å². The van der Waals surface area contributed by atoms with Crippen molar-refractivity contribution in [3.63, 3.8) is 0 Å². The van der Waals surface area contributed by atoms with Gasteiger partial charge in [0.15, 0.2) is 0 Å². The van der Waals surface area contributed by atoms with Crippen LogP contribution in [0.5, 0.6) is 0 Å². The smallest absolute Gasteiger partial charge is 0.350 e. The first kappa shape index (κ1) is 21.2. The van der Waals surface area contributed by atoms with Gasteiger partial charge < -0.3 is 9.88 Å². The molecule has 0 unspecified atom stereocenters. The van der Waals surface area contributed by atoms with Crippen molar-refractivity contribution in [1.82, 2.24) is 14.3 Å². The lowest BCUT2D eigenvalue weighted by molar-refractivity contribution is 0.214. The number of aromatic amines is 1. The van der Waals surface area contributed by atoms with Gasteiger partial charge in [-0.2, -0.15) is 13.1 Å². The third kappa shape index (κ3) is 4.23. The van der Waals surface area contributed by atoms with Crippen LogP contribution in [-0.4, -0.2) is 41.0 Å². The van der Waals surface area contributed by atoms with Crippen molar-refractivity contribution in [2.45, 2.75) is 63.9 Å². The molecule has 0 saturated heterocycles. The molecule has 164 valence electrons. The minimum absolute atomic E-state index is 0.0428. The molecular formula is C21H28F2N4O2S. The molecule has 1 saturated carbocycles. The van der Waals surface area contributed by atoms with E-state index in [0.29, 0.717) is 12.5 Å². The second-order valence-corrected chi connectivity index (χ2v) is 10.3. The number of alkyl halides is 2. The lowest BCUT2D eigenvalue weighted by Gasteiger charge is -2.36. The minimum Gasteiger partial charge on any atom is -0.361 e. The molecule has 1 aliphatic carbocycles. The Bertz CT molecular complexity index is 975. The summed E-state index contributed by atoms with van der Waals surface area (Å²) in [6.07, 6.45) is 7.01. The SMILES string of the molecule is Cc1[nH]cnc1CN1c2ccccc2CN(S(=O)(=O)C(F)F)C[C@@H]1CCC1CCC1. The van der Waals surface area contributed by atoms with Crippen molar-refractivity contribution < 1.29 is 17.2 Å². The van der Waals surface area contributed by atoms with Gasteiger partial charge in [-0.15, -0.1) is 0 Å². The predicted octanol–water partition coefficient (Wildman–Crippen LogP) is 4.04. The maximum Gasteiger partial charge on any atom is 0.350 e. The van der Waals surface area contributed by atoms with E-state index in [-0.39, 0.29) is 19.1 Å². The second-order valence-electron chi connectivity index (χ2n) is 8.36. The van der Waals surface area contributed by atoms with E-state index in [1.165, 1.54) is 19.3 Å². The monoisotopic (exact) mass is 438 g/mol. The number of imidazole rings is 1. The third-order valence-corrected chi connectivity index (χ3v) is 7.92. The molecule has 9 heteroatoms. The number of para-hydroxylation sites is 1. The average Bonchev–Trinajstić information content (AvgIpc) is 3.00. The molecule has 6 nitrogen and oxygen atoms in total. The molecule has 2 aromatic rings. The summed E-state index contributed by atoms with van der Waals surface area (Å²) < 4.78 is 52.6. The first-order chi connectivity index (χ1) is 14.4. The number of fused-ring (bicyclic) bond motifs is 1. The number of rotatable bonds is 7. The van der Waals surface area contributed by atoms with Crippen molar-refractivity contribution in [2.24, 2.45) is 5.92 Å². The molecule has 0 spiro atoms. The maximum absolute atomic E-state index is 13.4. The van der Waals surface area contributed by atoms with Crippen LogP contribution in [0.25, 0.3) is 0 Å². The van der Waals surface area contributed by atoms with Crippen LogP contribution in [-0.2, 0) is 23.1 Å². The van der Waals surface area contributed by atoms with Crippen LogP contribution in [0.3, 0.4) is 0 Å². The van der Waals surface area contributed by atoms with Gasteiger partial charge in [0.25, 0.3) is 10.0 Å². The van der Waals surface area contributed by atoms with E-state index in [1.54, 1.807) is 6.33 Å². The van der Waals surface area contributed by atoms with Crippen molar-refractivity contribution in [2.75, 3.05) is 11.4 Å². The Labute approximate surface area is 176 Å². The maximum atomic E-state index is 13.4. The van der Waals surface area contributed by atoms with Crippen LogP contribution in [0, 0.1) is 12.8 Å². The summed E-state index contributed by atoms with van der Waals surface area (Å²) in [6, 6.07) is 7.30. The molecule has 0 amide bonds. The third-order valence-electron chi connectivity index (χ3n) is 6.48. The first-order valence-electron chi connectivity index (χ1n) is 10.5. The molecule has 1 aromatic heterocycles. The van der Waals surface area contributed by atoms with Gasteiger partial charge in [-0.05, 0) is 37.3 Å². The Morgan fingerprint density at radius 1 is 1.23 bits per heavy atom. The van der Waals surface area contributed by atoms with Gasteiger partial charge in [-0.1, -0.05) is 37.5 Å². The Morgan fingerprint density at radius 2 is 2.00 bits per heavy atom. The largest absolute Gasteiger partial charge is 0.361 e. The molecule has 0 radical (unpaired) electrons. The predicted molar refractivity (Wildman–Crippen MR) is 112 cm³/mol. The first-order valence-corrected chi connectivity index (χ1v) is 12.0. The fourth-order valence-electron chi connectivity index (χ4n) is 4.40. The van der Waals surface area contributed by atoms with Gasteiger partial charge in [0.2, 0.25) is 0 Å². The van der Waals surface area contributed by atoms with E-state index in [1.807, 2.05) is 31.2 Å². The highest BCUT2D eigenvalue weighted by Gasteiger charge is 2.38. The van der Waals surface area contributed by atoms with E-state index < -0.39 is 15.8 Å². The Hall–Kier alpha value is -2.00. The number of sulfonamides is 1. The fourth-order valence-corrected chi connectivity index (χ4v) is 5.32. The summed E-state index contributed by atoms with van der Waals surface area (Å²) in [4.78, 5) is 9.67. The number of hydrogen-bond donors (Lipinski definition) is 1. The molecule has 1 N–H and O–H groups in total. The van der Waals surface area contributed by atoms with Gasteiger partial charge in [0, 0.05) is 30.5 Å². The number of nitrogens with zero attached hydrogens (tertiary/aromatic N) is 3. The van der Waals surface area contributed by atoms with Gasteiger partial charge in [0.1, 0.15) is 0 Å². The van der Waals surface area contributed by atoms with Crippen molar-refractivity contribution in [1.29, 1.82) is 0 Å². The number of aryl methyl sites for hydroxylation is 1. The number of hydrogen-bond acceptors (Lipinski definition) is 4. The summed E-state index contributed by atoms with van der Waals surface area (Å²) in [5.74, 6) is -2.77. The topological polar surface area (TPSA) is 69.3 Å². The molecule has 4 rings (SSSR count). The molecule has 2 aliphatic rings. The number of H-pyrrole nitrogens is 1. The molecule has 30 heavy (non-hydrogen) atoms. The normalized spacial score (nSPS) is 20.8. The molecule has 1 aliphatic heterocycles. The number of benzene rings is 1. The van der Waals surface area contributed by atoms with E-state index in [4.69, 9.17) is 0 Å². The molecule has 1 fully saturated rings. The second kappa shape index (κ2) is 8.63. The van der Waals surface area contributed by atoms with Crippen LogP contribution < -0.4 is 4.90 Å². The summed E-state index contributed by atoms with van der Waals surface area (Å²) in [7, 11) is -4.67. The summed E-state index contributed by atoms with van der Waals surface area (Å²) >= 11 is 0. The quantitative estimate of drug-likeness (QED) is 0.708. The Morgan fingerprint density at radius 3 is 2.63 bits per heavy atom. The van der Waals surface area contributed by atoms with Gasteiger partial charge >= 0.3 is 5.76 Å². The lowest BCUT2D eigenvalue weighted by Crippen LogP contribution is -2.45. The summed E-state index contributed by atoms with van der Waals surface area (Å²) in [5, 5.41) is 0.